The summed E-state index contributed by atoms with van der Waals surface area (Å²) in [4.78, 5) is 21.0. The summed E-state index contributed by atoms with van der Waals surface area (Å²) in [5.74, 6) is 0.232. The second-order valence-corrected chi connectivity index (χ2v) is 8.48. The van der Waals surface area contributed by atoms with Crippen molar-refractivity contribution >= 4 is 54.9 Å². The van der Waals surface area contributed by atoms with Crippen LogP contribution < -0.4 is 9.47 Å². The predicted octanol–water partition coefficient (Wildman–Crippen LogP) is 7.28. The van der Waals surface area contributed by atoms with E-state index in [9.17, 15) is 25.5 Å². The Morgan fingerprint density at radius 3 is 2.32 bits per heavy atom. The van der Waals surface area contributed by atoms with Gasteiger partial charge in [-0.3, -0.25) is 20.2 Å². The molecule has 0 amide bonds. The van der Waals surface area contributed by atoms with E-state index in [0.717, 1.165) is 28.2 Å². The van der Waals surface area contributed by atoms with Gasteiger partial charge in [-0.1, -0.05) is 28.1 Å². The summed E-state index contributed by atoms with van der Waals surface area (Å²) in [5, 5.41) is 32.1. The quantitative estimate of drug-likeness (QED) is 0.117. The summed E-state index contributed by atoms with van der Waals surface area (Å²) < 4.78 is 12.7. The minimum absolute atomic E-state index is 0.151. The first-order chi connectivity index (χ1) is 16.2. The number of halogens is 2. The first-order valence-corrected chi connectivity index (χ1v) is 11.3. The van der Waals surface area contributed by atoms with E-state index in [4.69, 9.17) is 9.47 Å². The van der Waals surface area contributed by atoms with Gasteiger partial charge in [0.05, 0.1) is 38.6 Å². The highest BCUT2D eigenvalue weighted by Gasteiger charge is 2.23. The normalized spacial score (nSPS) is 10.9. The summed E-state index contributed by atoms with van der Waals surface area (Å²) in [6.45, 7) is 2.03. The van der Waals surface area contributed by atoms with Crippen molar-refractivity contribution < 1.29 is 19.3 Å². The highest BCUT2D eigenvalue weighted by atomic mass is 79.9. The summed E-state index contributed by atoms with van der Waals surface area (Å²) in [7, 11) is 0. The molecule has 0 spiro atoms. The van der Waals surface area contributed by atoms with Gasteiger partial charge in [-0.15, -0.1) is 0 Å². The standard InChI is InChI=1S/C23H15Br2N3O6/c1-2-33-22-11-14(9-16(13-26)15-3-5-17(24)6-4-15)10-19(25)23(22)34-21-8-7-18(27(29)30)12-20(21)28(31)32/h3-12H,2H2,1H3/b16-9+. The van der Waals surface area contributed by atoms with Gasteiger partial charge >= 0.3 is 5.69 Å². The van der Waals surface area contributed by atoms with Crippen LogP contribution >= 0.6 is 31.9 Å². The average molecular weight is 589 g/mol. The molecule has 3 aromatic carbocycles. The molecule has 0 heterocycles. The molecule has 34 heavy (non-hydrogen) atoms. The molecule has 0 aliphatic heterocycles. The first kappa shape index (κ1) is 24.9. The van der Waals surface area contributed by atoms with E-state index in [1.54, 1.807) is 25.1 Å². The van der Waals surface area contributed by atoms with Crippen LogP contribution in [0.2, 0.25) is 0 Å². The Hall–Kier alpha value is -3.75. The molecule has 3 aromatic rings. The average Bonchev–Trinajstić information content (AvgIpc) is 2.80. The number of rotatable bonds is 8. The fourth-order valence-electron chi connectivity index (χ4n) is 2.97. The van der Waals surface area contributed by atoms with Gasteiger partial charge in [0.15, 0.2) is 11.5 Å². The zero-order chi connectivity index (χ0) is 24.8. The van der Waals surface area contributed by atoms with Crippen LogP contribution in [0.5, 0.6) is 17.2 Å². The number of nitriles is 1. The van der Waals surface area contributed by atoms with Gasteiger partial charge in [0.25, 0.3) is 5.69 Å². The molecule has 0 saturated heterocycles. The largest absolute Gasteiger partial charge is 0.490 e. The number of nitrogens with zero attached hydrogens (tertiary/aromatic N) is 3. The predicted molar refractivity (Wildman–Crippen MR) is 133 cm³/mol. The third-order valence-corrected chi connectivity index (χ3v) is 5.60. The lowest BCUT2D eigenvalue weighted by atomic mass is 10.0. The maximum atomic E-state index is 11.5. The van der Waals surface area contributed by atoms with Crippen LogP contribution in [-0.4, -0.2) is 16.5 Å². The number of ether oxygens (including phenoxy) is 2. The molecular weight excluding hydrogens is 574 g/mol. The van der Waals surface area contributed by atoms with Crippen molar-refractivity contribution in [1.29, 1.82) is 5.26 Å². The molecule has 0 aromatic heterocycles. The van der Waals surface area contributed by atoms with Crippen LogP contribution in [-0.2, 0) is 0 Å². The lowest BCUT2D eigenvalue weighted by Gasteiger charge is -2.14. The number of hydrogen-bond donors (Lipinski definition) is 0. The minimum atomic E-state index is -0.759. The molecular formula is C23H15Br2N3O6. The summed E-state index contributed by atoms with van der Waals surface area (Å²) in [6, 6.07) is 15.9. The topological polar surface area (TPSA) is 129 Å². The zero-order valence-electron chi connectivity index (χ0n) is 17.5. The van der Waals surface area contributed by atoms with Gasteiger partial charge < -0.3 is 9.47 Å². The van der Waals surface area contributed by atoms with Crippen LogP contribution in [0.3, 0.4) is 0 Å². The highest BCUT2D eigenvalue weighted by molar-refractivity contribution is 9.10. The summed E-state index contributed by atoms with van der Waals surface area (Å²) in [6.07, 6.45) is 1.68. The smallest absolute Gasteiger partial charge is 0.318 e. The molecule has 0 fully saturated rings. The molecule has 11 heteroatoms. The van der Waals surface area contributed by atoms with Gasteiger partial charge in [0, 0.05) is 10.5 Å². The van der Waals surface area contributed by atoms with Crippen LogP contribution in [0.1, 0.15) is 18.1 Å². The lowest BCUT2D eigenvalue weighted by molar-refractivity contribution is -0.394. The van der Waals surface area contributed by atoms with Crippen LogP contribution in [0.4, 0.5) is 11.4 Å². The van der Waals surface area contributed by atoms with E-state index in [1.807, 2.05) is 24.3 Å². The molecule has 0 aliphatic rings. The Morgan fingerprint density at radius 1 is 1.03 bits per heavy atom. The van der Waals surface area contributed by atoms with Crippen molar-refractivity contribution in [3.8, 4) is 23.3 Å². The molecule has 0 bridgehead atoms. The van der Waals surface area contributed by atoms with E-state index in [2.05, 4.69) is 37.9 Å². The fourth-order valence-corrected chi connectivity index (χ4v) is 3.77. The second-order valence-electron chi connectivity index (χ2n) is 6.71. The van der Waals surface area contributed by atoms with E-state index in [-0.39, 0.29) is 23.9 Å². The van der Waals surface area contributed by atoms with Crippen LogP contribution in [0, 0.1) is 31.6 Å². The van der Waals surface area contributed by atoms with Gasteiger partial charge in [-0.05, 0) is 70.4 Å². The molecule has 0 radical (unpaired) electrons. The number of allylic oxidation sites excluding steroid dienone is 1. The Bertz CT molecular complexity index is 1330. The van der Waals surface area contributed by atoms with E-state index >= 15 is 0 Å². The van der Waals surface area contributed by atoms with Crippen molar-refractivity contribution in [3.63, 3.8) is 0 Å². The Labute approximate surface area is 210 Å². The van der Waals surface area contributed by atoms with Crippen molar-refractivity contribution in [3.05, 3.63) is 94.9 Å². The summed E-state index contributed by atoms with van der Waals surface area (Å²) in [5.41, 5.74) is 0.776. The van der Waals surface area contributed by atoms with E-state index in [0.29, 0.717) is 15.6 Å². The second kappa shape index (κ2) is 10.9. The molecule has 172 valence electrons. The van der Waals surface area contributed by atoms with E-state index < -0.39 is 21.2 Å². The maximum Gasteiger partial charge on any atom is 0.318 e. The Morgan fingerprint density at radius 2 is 1.74 bits per heavy atom. The SMILES string of the molecule is CCOc1cc(/C=C(\C#N)c2ccc(Br)cc2)cc(Br)c1Oc1ccc([N+](=O)[O-])cc1[N+](=O)[O-]. The molecule has 0 unspecified atom stereocenters. The monoisotopic (exact) mass is 587 g/mol. The first-order valence-electron chi connectivity index (χ1n) is 9.68. The minimum Gasteiger partial charge on any atom is -0.490 e. The fraction of sp³-hybridized carbons (Fsp3) is 0.0870. The van der Waals surface area contributed by atoms with Crippen molar-refractivity contribution in [2.45, 2.75) is 6.92 Å². The lowest BCUT2D eigenvalue weighted by Crippen LogP contribution is -1.99. The van der Waals surface area contributed by atoms with Crippen LogP contribution in [0.25, 0.3) is 11.6 Å². The molecule has 0 aliphatic carbocycles. The van der Waals surface area contributed by atoms with Crippen molar-refractivity contribution in [2.75, 3.05) is 6.61 Å². The maximum absolute atomic E-state index is 11.5. The molecule has 3 rings (SSSR count). The summed E-state index contributed by atoms with van der Waals surface area (Å²) >= 11 is 6.77. The van der Waals surface area contributed by atoms with Gasteiger partial charge in [0.1, 0.15) is 0 Å². The number of benzene rings is 3. The number of non-ortho nitro benzene ring substituents is 1. The van der Waals surface area contributed by atoms with Crippen LogP contribution in [0.15, 0.2) is 63.5 Å². The highest BCUT2D eigenvalue weighted by Crippen LogP contribution is 2.43. The number of nitro groups is 2. The molecule has 9 nitrogen and oxygen atoms in total. The van der Waals surface area contributed by atoms with Crippen molar-refractivity contribution in [2.24, 2.45) is 0 Å². The number of nitro benzene ring substituents is 2. The molecule has 0 N–H and O–H groups in total. The number of hydrogen-bond acceptors (Lipinski definition) is 7. The molecule has 0 atom stereocenters. The van der Waals surface area contributed by atoms with Gasteiger partial charge in [0.2, 0.25) is 5.75 Å². The zero-order valence-corrected chi connectivity index (χ0v) is 20.7. The van der Waals surface area contributed by atoms with Crippen molar-refractivity contribution in [1.82, 2.24) is 0 Å². The Balaban J connectivity index is 2.06. The van der Waals surface area contributed by atoms with Gasteiger partial charge in [-0.2, -0.15) is 5.26 Å². The van der Waals surface area contributed by atoms with E-state index in [1.165, 1.54) is 0 Å². The van der Waals surface area contributed by atoms with Gasteiger partial charge in [-0.25, -0.2) is 0 Å². The Kier molecular flexibility index (Phi) is 7.99. The third kappa shape index (κ3) is 5.78. The molecule has 0 saturated carbocycles. The third-order valence-electron chi connectivity index (χ3n) is 4.48.